The molecule has 1 rings (SSSR count). The summed E-state index contributed by atoms with van der Waals surface area (Å²) >= 11 is 0. The van der Waals surface area contributed by atoms with Gasteiger partial charge in [-0.25, -0.2) is 8.42 Å². The molecule has 1 heterocycles. The van der Waals surface area contributed by atoms with E-state index in [9.17, 15) is 8.42 Å². The van der Waals surface area contributed by atoms with E-state index >= 15 is 0 Å². The average molecular weight is 274 g/mol. The number of rotatable bonds is 5. The summed E-state index contributed by atoms with van der Waals surface area (Å²) in [7, 11) is -3.05. The number of nitriles is 1. The third-order valence-electron chi connectivity index (χ3n) is 3.23. The molecule has 2 N–H and O–H groups in total. The lowest BCUT2D eigenvalue weighted by Crippen LogP contribution is -2.48. The molecule has 1 atom stereocenters. The van der Waals surface area contributed by atoms with E-state index in [0.29, 0.717) is 19.5 Å². The maximum Gasteiger partial charge on any atom is 0.211 e. The molecule has 0 radical (unpaired) electrons. The third kappa shape index (κ3) is 4.90. The van der Waals surface area contributed by atoms with Crippen LogP contribution in [0.2, 0.25) is 0 Å². The monoisotopic (exact) mass is 274 g/mol. The Hall–Kier alpha value is -0.680. The van der Waals surface area contributed by atoms with Crippen LogP contribution in [0.1, 0.15) is 19.8 Å². The van der Waals surface area contributed by atoms with Gasteiger partial charge in [-0.3, -0.25) is 0 Å². The molecule has 1 saturated heterocycles. The van der Waals surface area contributed by atoms with E-state index in [1.165, 1.54) is 10.6 Å². The second kappa shape index (κ2) is 5.97. The van der Waals surface area contributed by atoms with Crippen molar-refractivity contribution in [2.45, 2.75) is 25.3 Å². The molecule has 0 aliphatic carbocycles. The fourth-order valence-electron chi connectivity index (χ4n) is 2.01. The zero-order valence-corrected chi connectivity index (χ0v) is 11.9. The zero-order valence-electron chi connectivity index (χ0n) is 11.1. The number of sulfonamides is 1. The Morgan fingerprint density at radius 2 is 1.89 bits per heavy atom. The molecule has 0 spiro atoms. The van der Waals surface area contributed by atoms with Crippen LogP contribution in [0.15, 0.2) is 0 Å². The van der Waals surface area contributed by atoms with Crippen LogP contribution in [-0.2, 0) is 10.0 Å². The zero-order chi connectivity index (χ0) is 13.8. The summed E-state index contributed by atoms with van der Waals surface area (Å²) in [5.41, 5.74) is 4.99. The van der Waals surface area contributed by atoms with Gasteiger partial charge in [-0.15, -0.1) is 0 Å². The van der Waals surface area contributed by atoms with Crippen LogP contribution in [0.5, 0.6) is 0 Å². The van der Waals surface area contributed by atoms with Gasteiger partial charge in [0.2, 0.25) is 10.0 Å². The highest BCUT2D eigenvalue weighted by molar-refractivity contribution is 7.88. The van der Waals surface area contributed by atoms with Crippen molar-refractivity contribution in [1.82, 2.24) is 9.21 Å². The molecule has 0 amide bonds. The van der Waals surface area contributed by atoms with Gasteiger partial charge < -0.3 is 10.6 Å². The highest BCUT2D eigenvalue weighted by Crippen LogP contribution is 2.10. The fraction of sp³-hybridized carbons (Fsp3) is 0.909. The predicted molar refractivity (Wildman–Crippen MR) is 70.3 cm³/mol. The Labute approximate surface area is 109 Å². The van der Waals surface area contributed by atoms with E-state index < -0.39 is 15.6 Å². The lowest BCUT2D eigenvalue weighted by atomic mass is 9.99. The van der Waals surface area contributed by atoms with Gasteiger partial charge in [-0.05, 0) is 26.3 Å². The van der Waals surface area contributed by atoms with Crippen molar-refractivity contribution in [3.8, 4) is 6.07 Å². The molecule has 7 heteroatoms. The first kappa shape index (κ1) is 15.4. The van der Waals surface area contributed by atoms with Gasteiger partial charge in [-0.1, -0.05) is 0 Å². The molecule has 1 aliphatic rings. The molecular formula is C11H22N4O2S. The van der Waals surface area contributed by atoms with E-state index in [-0.39, 0.29) is 0 Å². The van der Waals surface area contributed by atoms with E-state index in [1.807, 2.05) is 0 Å². The Morgan fingerprint density at radius 1 is 1.33 bits per heavy atom. The summed E-state index contributed by atoms with van der Waals surface area (Å²) in [6, 6.07) is 2.08. The second-order valence-electron chi connectivity index (χ2n) is 5.14. The fourth-order valence-corrected chi connectivity index (χ4v) is 2.84. The quantitative estimate of drug-likeness (QED) is 0.735. The van der Waals surface area contributed by atoms with Crippen LogP contribution in [0, 0.1) is 11.3 Å². The molecule has 0 aromatic carbocycles. The highest BCUT2D eigenvalue weighted by Gasteiger charge is 2.23. The van der Waals surface area contributed by atoms with Crippen molar-refractivity contribution < 1.29 is 8.42 Å². The number of hydrogen-bond acceptors (Lipinski definition) is 5. The summed E-state index contributed by atoms with van der Waals surface area (Å²) < 4.78 is 24.2. The lowest BCUT2D eigenvalue weighted by Gasteiger charge is -2.33. The highest BCUT2D eigenvalue weighted by atomic mass is 32.2. The summed E-state index contributed by atoms with van der Waals surface area (Å²) in [6.45, 7) is 5.20. The van der Waals surface area contributed by atoms with Crippen LogP contribution in [0.3, 0.4) is 0 Å². The number of nitrogens with zero attached hydrogens (tertiary/aromatic N) is 3. The van der Waals surface area contributed by atoms with Gasteiger partial charge in [0, 0.05) is 26.2 Å². The van der Waals surface area contributed by atoms with Gasteiger partial charge in [0.25, 0.3) is 0 Å². The van der Waals surface area contributed by atoms with Crippen LogP contribution in [-0.4, -0.2) is 62.1 Å². The molecule has 1 fully saturated rings. The van der Waals surface area contributed by atoms with Crippen molar-refractivity contribution in [2.24, 2.45) is 5.73 Å². The van der Waals surface area contributed by atoms with Crippen molar-refractivity contribution in [3.63, 3.8) is 0 Å². The van der Waals surface area contributed by atoms with Crippen LogP contribution in [0.25, 0.3) is 0 Å². The minimum absolute atomic E-state index is 0.553. The van der Waals surface area contributed by atoms with E-state index in [4.69, 9.17) is 11.0 Å². The topological polar surface area (TPSA) is 90.4 Å². The largest absolute Gasteiger partial charge is 0.314 e. The summed E-state index contributed by atoms with van der Waals surface area (Å²) in [5, 5.41) is 8.79. The molecule has 0 aromatic rings. The SMILES string of the molecule is CC(N)(C#N)CCCN1CCN(S(C)(=O)=O)CC1. The van der Waals surface area contributed by atoms with Crippen molar-refractivity contribution in [3.05, 3.63) is 0 Å². The van der Waals surface area contributed by atoms with Crippen LogP contribution >= 0.6 is 0 Å². The second-order valence-corrected chi connectivity index (χ2v) is 7.12. The van der Waals surface area contributed by atoms with Gasteiger partial charge in [-0.2, -0.15) is 9.57 Å². The number of hydrogen-bond donors (Lipinski definition) is 1. The molecule has 0 aromatic heterocycles. The minimum atomic E-state index is -3.05. The van der Waals surface area contributed by atoms with E-state index in [1.54, 1.807) is 6.92 Å². The predicted octanol–water partition coefficient (Wildman–Crippen LogP) is -0.415. The smallest absolute Gasteiger partial charge is 0.211 e. The maximum absolute atomic E-state index is 11.3. The van der Waals surface area contributed by atoms with E-state index in [0.717, 1.165) is 26.1 Å². The Bertz CT molecular complexity index is 405. The number of nitrogens with two attached hydrogens (primary N) is 1. The van der Waals surface area contributed by atoms with Crippen molar-refractivity contribution in [1.29, 1.82) is 5.26 Å². The van der Waals surface area contributed by atoms with E-state index in [2.05, 4.69) is 11.0 Å². The lowest BCUT2D eigenvalue weighted by molar-refractivity contribution is 0.184. The maximum atomic E-state index is 11.3. The average Bonchev–Trinajstić information content (AvgIpc) is 2.28. The molecule has 6 nitrogen and oxygen atoms in total. The van der Waals surface area contributed by atoms with Crippen LogP contribution < -0.4 is 5.73 Å². The summed E-state index contributed by atoms with van der Waals surface area (Å²) in [5.74, 6) is 0. The number of piperazine rings is 1. The summed E-state index contributed by atoms with van der Waals surface area (Å²) in [4.78, 5) is 2.22. The first-order valence-electron chi connectivity index (χ1n) is 6.12. The van der Waals surface area contributed by atoms with Gasteiger partial charge in [0.05, 0.1) is 12.3 Å². The van der Waals surface area contributed by atoms with Crippen molar-refractivity contribution in [2.75, 3.05) is 39.0 Å². The first-order chi connectivity index (χ1) is 8.24. The molecular weight excluding hydrogens is 252 g/mol. The molecule has 104 valence electrons. The molecule has 0 bridgehead atoms. The van der Waals surface area contributed by atoms with Gasteiger partial charge >= 0.3 is 0 Å². The molecule has 1 aliphatic heterocycles. The summed E-state index contributed by atoms with van der Waals surface area (Å²) in [6.07, 6.45) is 2.77. The third-order valence-corrected chi connectivity index (χ3v) is 4.53. The van der Waals surface area contributed by atoms with Gasteiger partial charge in [0.1, 0.15) is 5.54 Å². The Morgan fingerprint density at radius 3 is 2.33 bits per heavy atom. The molecule has 0 saturated carbocycles. The standard InChI is InChI=1S/C11H22N4O2S/c1-11(13,10-12)4-3-5-14-6-8-15(9-7-14)18(2,16)17/h3-9,13H2,1-2H3. The minimum Gasteiger partial charge on any atom is -0.314 e. The molecule has 1 unspecified atom stereocenters. The van der Waals surface area contributed by atoms with Crippen LogP contribution in [0.4, 0.5) is 0 Å². The molecule has 18 heavy (non-hydrogen) atoms. The normalized spacial score (nSPS) is 22.3. The Balaban J connectivity index is 2.27. The van der Waals surface area contributed by atoms with Gasteiger partial charge in [0.15, 0.2) is 0 Å². The first-order valence-corrected chi connectivity index (χ1v) is 7.97. The van der Waals surface area contributed by atoms with Crippen molar-refractivity contribution >= 4 is 10.0 Å². The Kier molecular flexibility index (Phi) is 5.10.